The summed E-state index contributed by atoms with van der Waals surface area (Å²) in [5.74, 6) is 0.786. The summed E-state index contributed by atoms with van der Waals surface area (Å²) in [7, 11) is 1.65. The summed E-state index contributed by atoms with van der Waals surface area (Å²) < 4.78 is 10.6. The number of hydrogen-bond donors (Lipinski definition) is 1. The number of nitrogens with zero attached hydrogens (tertiary/aromatic N) is 1. The average molecular weight is 314 g/mol. The molecule has 0 aromatic heterocycles. The molecule has 0 bridgehead atoms. The maximum absolute atomic E-state index is 12.2. The lowest BCUT2D eigenvalue weighted by Gasteiger charge is -2.28. The molecule has 1 aliphatic carbocycles. The number of carbonyl (C=O) groups excluding carboxylic acids is 1. The summed E-state index contributed by atoms with van der Waals surface area (Å²) in [5, 5.41) is 3.62. The summed E-state index contributed by atoms with van der Waals surface area (Å²) in [5.41, 5.74) is -0.464. The fourth-order valence-corrected chi connectivity index (χ4v) is 3.00. The van der Waals surface area contributed by atoms with Crippen molar-refractivity contribution in [3.63, 3.8) is 0 Å². The molecule has 1 fully saturated rings. The third kappa shape index (κ3) is 6.97. The third-order valence-corrected chi connectivity index (χ3v) is 4.19. The lowest BCUT2D eigenvalue weighted by atomic mass is 10.0. The van der Waals surface area contributed by atoms with Crippen molar-refractivity contribution in [3.8, 4) is 0 Å². The number of ether oxygens (including phenoxy) is 2. The minimum atomic E-state index is -0.464. The Bertz CT molecular complexity index is 328. The van der Waals surface area contributed by atoms with Crippen molar-refractivity contribution in [1.82, 2.24) is 10.2 Å². The summed E-state index contributed by atoms with van der Waals surface area (Å²) in [6.45, 7) is 10.5. The van der Waals surface area contributed by atoms with E-state index in [2.05, 4.69) is 12.2 Å². The van der Waals surface area contributed by atoms with Crippen molar-refractivity contribution in [2.75, 3.05) is 33.4 Å². The second kappa shape index (κ2) is 9.36. The van der Waals surface area contributed by atoms with Crippen molar-refractivity contribution in [1.29, 1.82) is 0 Å². The Kier molecular flexibility index (Phi) is 8.18. The highest BCUT2D eigenvalue weighted by molar-refractivity contribution is 5.68. The van der Waals surface area contributed by atoms with E-state index in [4.69, 9.17) is 9.47 Å². The molecule has 22 heavy (non-hydrogen) atoms. The fraction of sp³-hybridized carbons (Fsp3) is 0.941. The quantitative estimate of drug-likeness (QED) is 0.748. The summed E-state index contributed by atoms with van der Waals surface area (Å²) in [4.78, 5) is 14.0. The van der Waals surface area contributed by atoms with Crippen LogP contribution in [0.2, 0.25) is 0 Å². The van der Waals surface area contributed by atoms with Crippen LogP contribution in [-0.2, 0) is 9.47 Å². The van der Waals surface area contributed by atoms with E-state index < -0.39 is 5.60 Å². The molecular weight excluding hydrogens is 280 g/mol. The van der Waals surface area contributed by atoms with E-state index in [0.717, 1.165) is 12.5 Å². The first kappa shape index (κ1) is 19.2. The van der Waals surface area contributed by atoms with Gasteiger partial charge in [-0.05, 0) is 39.5 Å². The normalized spacial score (nSPS) is 21.9. The lowest BCUT2D eigenvalue weighted by molar-refractivity contribution is 0.0202. The average Bonchev–Trinajstić information content (AvgIpc) is 2.88. The molecule has 0 aromatic carbocycles. The van der Waals surface area contributed by atoms with Gasteiger partial charge in [0, 0.05) is 32.8 Å². The molecule has 1 aliphatic rings. The Morgan fingerprint density at radius 1 is 1.27 bits per heavy atom. The van der Waals surface area contributed by atoms with Gasteiger partial charge in [0.25, 0.3) is 0 Å². The number of rotatable bonds is 8. The number of carbonyl (C=O) groups is 1. The Hall–Kier alpha value is -0.810. The fourth-order valence-electron chi connectivity index (χ4n) is 3.00. The van der Waals surface area contributed by atoms with Crippen molar-refractivity contribution in [2.24, 2.45) is 5.92 Å². The lowest BCUT2D eigenvalue weighted by Crippen LogP contribution is -2.44. The van der Waals surface area contributed by atoms with Gasteiger partial charge in [-0.3, -0.25) is 0 Å². The van der Waals surface area contributed by atoms with Crippen LogP contribution in [0.5, 0.6) is 0 Å². The largest absolute Gasteiger partial charge is 0.444 e. The Morgan fingerprint density at radius 3 is 2.59 bits per heavy atom. The highest BCUT2D eigenvalue weighted by atomic mass is 16.6. The van der Waals surface area contributed by atoms with E-state index in [9.17, 15) is 4.79 Å². The van der Waals surface area contributed by atoms with Gasteiger partial charge in [-0.25, -0.2) is 4.79 Å². The third-order valence-electron chi connectivity index (χ3n) is 4.19. The molecule has 0 spiro atoms. The molecule has 2 atom stereocenters. The van der Waals surface area contributed by atoms with Crippen molar-refractivity contribution >= 4 is 6.09 Å². The Labute approximate surface area is 135 Å². The monoisotopic (exact) mass is 314 g/mol. The van der Waals surface area contributed by atoms with Gasteiger partial charge in [0.05, 0.1) is 6.61 Å². The van der Waals surface area contributed by atoms with Crippen molar-refractivity contribution < 1.29 is 14.3 Å². The zero-order valence-corrected chi connectivity index (χ0v) is 15.0. The van der Waals surface area contributed by atoms with Gasteiger partial charge in [0.15, 0.2) is 0 Å². The van der Waals surface area contributed by atoms with E-state index in [1.807, 2.05) is 20.8 Å². The zero-order valence-electron chi connectivity index (χ0n) is 15.0. The molecular formula is C17H34N2O3. The minimum Gasteiger partial charge on any atom is -0.444 e. The number of amides is 1. The van der Waals surface area contributed by atoms with E-state index in [1.54, 1.807) is 12.0 Å². The van der Waals surface area contributed by atoms with Crippen LogP contribution in [0.3, 0.4) is 0 Å². The van der Waals surface area contributed by atoms with Gasteiger partial charge < -0.3 is 19.7 Å². The van der Waals surface area contributed by atoms with Gasteiger partial charge in [-0.15, -0.1) is 0 Å². The molecule has 1 rings (SSSR count). The van der Waals surface area contributed by atoms with E-state index in [-0.39, 0.29) is 6.09 Å². The van der Waals surface area contributed by atoms with Gasteiger partial charge in [0.1, 0.15) is 5.60 Å². The molecule has 1 saturated carbocycles. The maximum Gasteiger partial charge on any atom is 0.410 e. The molecule has 1 amide bonds. The van der Waals surface area contributed by atoms with Crippen LogP contribution >= 0.6 is 0 Å². The predicted molar refractivity (Wildman–Crippen MR) is 89.1 cm³/mol. The van der Waals surface area contributed by atoms with Gasteiger partial charge in [-0.2, -0.15) is 0 Å². The highest BCUT2D eigenvalue weighted by Crippen LogP contribution is 2.27. The van der Waals surface area contributed by atoms with Crippen LogP contribution in [0.1, 0.15) is 53.4 Å². The summed E-state index contributed by atoms with van der Waals surface area (Å²) >= 11 is 0. The van der Waals surface area contributed by atoms with E-state index in [1.165, 1.54) is 25.7 Å². The molecule has 1 N–H and O–H groups in total. The van der Waals surface area contributed by atoms with E-state index in [0.29, 0.717) is 25.7 Å². The number of nitrogens with one attached hydrogen (secondary N) is 1. The molecule has 0 aromatic rings. The SMILES string of the molecule is CCC1CCCC1NCCN(CCOC)C(=O)OC(C)(C)C. The second-order valence-corrected chi connectivity index (χ2v) is 7.12. The molecule has 5 nitrogen and oxygen atoms in total. The topological polar surface area (TPSA) is 50.8 Å². The molecule has 0 heterocycles. The summed E-state index contributed by atoms with van der Waals surface area (Å²) in [6.07, 6.45) is 4.87. The number of hydrogen-bond acceptors (Lipinski definition) is 4. The highest BCUT2D eigenvalue weighted by Gasteiger charge is 2.26. The smallest absolute Gasteiger partial charge is 0.410 e. The van der Waals surface area contributed by atoms with Gasteiger partial charge in [0.2, 0.25) is 0 Å². The first-order chi connectivity index (χ1) is 10.4. The minimum absolute atomic E-state index is 0.259. The molecule has 0 saturated heterocycles. The van der Waals surface area contributed by atoms with E-state index >= 15 is 0 Å². The molecule has 130 valence electrons. The van der Waals surface area contributed by atoms with Gasteiger partial charge >= 0.3 is 6.09 Å². The predicted octanol–water partition coefficient (Wildman–Crippen LogP) is 3.04. The Morgan fingerprint density at radius 2 is 2.00 bits per heavy atom. The van der Waals surface area contributed by atoms with Gasteiger partial charge in [-0.1, -0.05) is 19.8 Å². The molecule has 5 heteroatoms. The van der Waals surface area contributed by atoms with Crippen LogP contribution in [-0.4, -0.2) is 56.0 Å². The molecule has 0 radical (unpaired) electrons. The van der Waals surface area contributed by atoms with Crippen LogP contribution in [0.15, 0.2) is 0 Å². The zero-order chi connectivity index (χ0) is 16.6. The van der Waals surface area contributed by atoms with Crippen molar-refractivity contribution in [2.45, 2.75) is 65.0 Å². The van der Waals surface area contributed by atoms with Crippen molar-refractivity contribution in [3.05, 3.63) is 0 Å². The number of methoxy groups -OCH3 is 1. The maximum atomic E-state index is 12.2. The first-order valence-electron chi connectivity index (χ1n) is 8.57. The standard InChI is InChI=1S/C17H34N2O3/c1-6-14-8-7-9-15(14)18-10-11-19(12-13-21-5)16(20)22-17(2,3)4/h14-15,18H,6-13H2,1-5H3. The summed E-state index contributed by atoms with van der Waals surface area (Å²) in [6, 6.07) is 0.605. The van der Waals surface area contributed by atoms with Crippen LogP contribution in [0, 0.1) is 5.92 Å². The molecule has 2 unspecified atom stereocenters. The Balaban J connectivity index is 2.42. The molecule has 0 aliphatic heterocycles. The van der Waals surface area contributed by atoms with Crippen LogP contribution in [0.4, 0.5) is 4.79 Å². The first-order valence-corrected chi connectivity index (χ1v) is 8.57. The second-order valence-electron chi connectivity index (χ2n) is 7.12. The van der Waals surface area contributed by atoms with Crippen LogP contribution < -0.4 is 5.32 Å². The van der Waals surface area contributed by atoms with Crippen LogP contribution in [0.25, 0.3) is 0 Å².